The average molecular weight is 298 g/mol. The van der Waals surface area contributed by atoms with E-state index in [-0.39, 0.29) is 22.3 Å². The molecule has 0 spiro atoms. The molecular formula is C16H10O6. The largest absolute Gasteiger partial charge is 0.478 e. The van der Waals surface area contributed by atoms with Crippen LogP contribution in [0.4, 0.5) is 0 Å². The molecule has 2 N–H and O–H groups in total. The van der Waals surface area contributed by atoms with Crippen LogP contribution in [0.3, 0.4) is 0 Å². The fourth-order valence-electron chi connectivity index (χ4n) is 2.07. The summed E-state index contributed by atoms with van der Waals surface area (Å²) in [6.07, 6.45) is 0.860. The van der Waals surface area contributed by atoms with Gasteiger partial charge in [-0.25, -0.2) is 9.59 Å². The number of aromatic carboxylic acids is 2. The second kappa shape index (κ2) is 6.01. The van der Waals surface area contributed by atoms with Crippen molar-refractivity contribution in [1.29, 1.82) is 0 Å². The van der Waals surface area contributed by atoms with E-state index in [2.05, 4.69) is 0 Å². The first-order valence-electron chi connectivity index (χ1n) is 6.13. The lowest BCUT2D eigenvalue weighted by molar-refractivity contribution is 0.0684. The lowest BCUT2D eigenvalue weighted by Gasteiger charge is -2.07. The second-order valence-corrected chi connectivity index (χ2v) is 4.45. The second-order valence-electron chi connectivity index (χ2n) is 4.45. The zero-order valence-electron chi connectivity index (χ0n) is 11.1. The predicted molar refractivity (Wildman–Crippen MR) is 76.6 cm³/mol. The highest BCUT2D eigenvalue weighted by atomic mass is 16.4. The monoisotopic (exact) mass is 298 g/mol. The van der Waals surface area contributed by atoms with Crippen LogP contribution in [0.2, 0.25) is 0 Å². The minimum absolute atomic E-state index is 0.0000332. The molecule has 0 amide bonds. The molecule has 0 radical (unpaired) electrons. The standard InChI is InChI=1S/C16H10O6/c17-7-11-5-9(1-3-13(11)15(19)20)10-2-4-14(16(21)22)12(6-10)8-18/h1-8H,(H,19,20)(H,21,22). The highest BCUT2D eigenvalue weighted by Crippen LogP contribution is 2.24. The first-order chi connectivity index (χ1) is 10.5. The highest BCUT2D eigenvalue weighted by Gasteiger charge is 2.13. The van der Waals surface area contributed by atoms with Crippen molar-refractivity contribution in [1.82, 2.24) is 0 Å². The molecule has 22 heavy (non-hydrogen) atoms. The van der Waals surface area contributed by atoms with Crippen molar-refractivity contribution >= 4 is 24.5 Å². The third-order valence-electron chi connectivity index (χ3n) is 3.15. The molecule has 0 aliphatic heterocycles. The van der Waals surface area contributed by atoms with Crippen LogP contribution in [0.5, 0.6) is 0 Å². The molecule has 0 aliphatic rings. The molecule has 0 atom stereocenters. The third-order valence-corrected chi connectivity index (χ3v) is 3.15. The molecule has 0 aromatic heterocycles. The summed E-state index contributed by atoms with van der Waals surface area (Å²) in [7, 11) is 0. The lowest BCUT2D eigenvalue weighted by Crippen LogP contribution is -2.03. The van der Waals surface area contributed by atoms with E-state index < -0.39 is 11.9 Å². The molecule has 0 bridgehead atoms. The summed E-state index contributed by atoms with van der Waals surface area (Å²) in [5, 5.41) is 17.9. The number of hydrogen-bond acceptors (Lipinski definition) is 4. The van der Waals surface area contributed by atoms with Crippen LogP contribution < -0.4 is 0 Å². The van der Waals surface area contributed by atoms with E-state index in [9.17, 15) is 19.2 Å². The summed E-state index contributed by atoms with van der Waals surface area (Å²) in [6, 6.07) is 8.30. The summed E-state index contributed by atoms with van der Waals surface area (Å²) in [4.78, 5) is 43.9. The Morgan fingerprint density at radius 2 is 1.09 bits per heavy atom. The van der Waals surface area contributed by atoms with Gasteiger partial charge in [0.25, 0.3) is 0 Å². The first-order valence-corrected chi connectivity index (χ1v) is 6.13. The summed E-state index contributed by atoms with van der Waals surface area (Å²) >= 11 is 0. The number of carbonyl (C=O) groups is 4. The van der Waals surface area contributed by atoms with Gasteiger partial charge in [-0.3, -0.25) is 9.59 Å². The van der Waals surface area contributed by atoms with Gasteiger partial charge in [0.1, 0.15) is 0 Å². The molecular weight excluding hydrogens is 288 g/mol. The number of carbonyl (C=O) groups excluding carboxylic acids is 2. The fraction of sp³-hybridized carbons (Fsp3) is 0. The fourth-order valence-corrected chi connectivity index (χ4v) is 2.07. The van der Waals surface area contributed by atoms with Gasteiger partial charge in [0.2, 0.25) is 0 Å². The van der Waals surface area contributed by atoms with Gasteiger partial charge in [-0.05, 0) is 35.4 Å². The van der Waals surface area contributed by atoms with Gasteiger partial charge in [0, 0.05) is 11.1 Å². The first kappa shape index (κ1) is 15.1. The van der Waals surface area contributed by atoms with E-state index in [0.29, 0.717) is 23.7 Å². The van der Waals surface area contributed by atoms with E-state index in [1.165, 1.54) is 36.4 Å². The molecule has 2 aromatic carbocycles. The molecule has 6 nitrogen and oxygen atoms in total. The van der Waals surface area contributed by atoms with E-state index in [4.69, 9.17) is 10.2 Å². The van der Waals surface area contributed by atoms with Gasteiger partial charge in [0.05, 0.1) is 11.1 Å². The Morgan fingerprint density at radius 3 is 1.36 bits per heavy atom. The molecule has 0 heterocycles. The summed E-state index contributed by atoms with van der Waals surface area (Å²) in [6.45, 7) is 0. The lowest BCUT2D eigenvalue weighted by atomic mass is 9.96. The Morgan fingerprint density at radius 1 is 0.727 bits per heavy atom. The summed E-state index contributed by atoms with van der Waals surface area (Å²) < 4.78 is 0. The van der Waals surface area contributed by atoms with Crippen molar-refractivity contribution in [3.05, 3.63) is 58.7 Å². The minimum atomic E-state index is -1.22. The highest BCUT2D eigenvalue weighted by molar-refractivity contribution is 6.00. The smallest absolute Gasteiger partial charge is 0.336 e. The van der Waals surface area contributed by atoms with Gasteiger partial charge in [-0.2, -0.15) is 0 Å². The Kier molecular flexibility index (Phi) is 4.13. The van der Waals surface area contributed by atoms with Gasteiger partial charge in [-0.1, -0.05) is 12.1 Å². The van der Waals surface area contributed by atoms with E-state index >= 15 is 0 Å². The number of benzene rings is 2. The van der Waals surface area contributed by atoms with Crippen LogP contribution in [0, 0.1) is 0 Å². The zero-order chi connectivity index (χ0) is 16.3. The molecule has 0 saturated heterocycles. The maximum Gasteiger partial charge on any atom is 0.336 e. The topological polar surface area (TPSA) is 109 Å². The quantitative estimate of drug-likeness (QED) is 0.820. The average Bonchev–Trinajstić information content (AvgIpc) is 2.53. The van der Waals surface area contributed by atoms with Gasteiger partial charge < -0.3 is 10.2 Å². The van der Waals surface area contributed by atoms with Crippen LogP contribution in [-0.2, 0) is 0 Å². The van der Waals surface area contributed by atoms with E-state index in [1.54, 1.807) is 0 Å². The molecule has 2 rings (SSSR count). The number of aldehydes is 2. The van der Waals surface area contributed by atoms with Crippen LogP contribution in [0.15, 0.2) is 36.4 Å². The van der Waals surface area contributed by atoms with Crippen LogP contribution >= 0.6 is 0 Å². The maximum absolute atomic E-state index is 11.0. The molecule has 0 aliphatic carbocycles. The number of rotatable bonds is 5. The van der Waals surface area contributed by atoms with Gasteiger partial charge in [-0.15, -0.1) is 0 Å². The van der Waals surface area contributed by atoms with Gasteiger partial charge in [0.15, 0.2) is 12.6 Å². The molecule has 0 fully saturated rings. The van der Waals surface area contributed by atoms with Crippen molar-refractivity contribution in [3.63, 3.8) is 0 Å². The number of carboxylic acids is 2. The normalized spacial score (nSPS) is 10.0. The summed E-state index contributed by atoms with van der Waals surface area (Å²) in [5.41, 5.74) is 0.757. The van der Waals surface area contributed by atoms with Crippen molar-refractivity contribution in [2.75, 3.05) is 0 Å². The van der Waals surface area contributed by atoms with E-state index in [0.717, 1.165) is 0 Å². The Balaban J connectivity index is 2.57. The zero-order valence-corrected chi connectivity index (χ0v) is 11.1. The van der Waals surface area contributed by atoms with Crippen molar-refractivity contribution in [2.24, 2.45) is 0 Å². The molecule has 110 valence electrons. The van der Waals surface area contributed by atoms with Crippen molar-refractivity contribution in [2.45, 2.75) is 0 Å². The number of hydrogen-bond donors (Lipinski definition) is 2. The Hall–Kier alpha value is -3.28. The minimum Gasteiger partial charge on any atom is -0.478 e. The Labute approximate surface area is 124 Å². The van der Waals surface area contributed by atoms with Crippen LogP contribution in [0.1, 0.15) is 41.4 Å². The van der Waals surface area contributed by atoms with Gasteiger partial charge >= 0.3 is 11.9 Å². The molecule has 2 aromatic rings. The SMILES string of the molecule is O=Cc1cc(-c2ccc(C(=O)O)c(C=O)c2)ccc1C(=O)O. The summed E-state index contributed by atoms with van der Waals surface area (Å²) in [5.74, 6) is -2.44. The maximum atomic E-state index is 11.0. The molecule has 0 unspecified atom stereocenters. The van der Waals surface area contributed by atoms with Crippen molar-refractivity contribution in [3.8, 4) is 11.1 Å². The van der Waals surface area contributed by atoms with Crippen LogP contribution in [0.25, 0.3) is 11.1 Å². The third kappa shape index (κ3) is 2.76. The van der Waals surface area contributed by atoms with E-state index in [1.807, 2.05) is 0 Å². The predicted octanol–water partition coefficient (Wildman–Crippen LogP) is 2.38. The molecule has 6 heteroatoms. The number of carboxylic acid groups (broad SMARTS) is 2. The Bertz CT molecular complexity index is 724. The van der Waals surface area contributed by atoms with Crippen molar-refractivity contribution < 1.29 is 29.4 Å². The molecule has 0 saturated carbocycles. The van der Waals surface area contributed by atoms with Crippen LogP contribution in [-0.4, -0.2) is 34.7 Å².